The number of nitrogens with zero attached hydrogens (tertiary/aromatic N) is 1. The molecule has 8 nitrogen and oxygen atoms in total. The van der Waals surface area contributed by atoms with Crippen LogP contribution in [0.1, 0.15) is 31.4 Å². The van der Waals surface area contributed by atoms with Crippen molar-refractivity contribution in [1.82, 2.24) is 5.48 Å². The van der Waals surface area contributed by atoms with E-state index in [1.54, 1.807) is 25.1 Å². The molecule has 0 saturated carbocycles. The van der Waals surface area contributed by atoms with Gasteiger partial charge in [-0.15, -0.1) is 5.92 Å². The molecule has 27 heavy (non-hydrogen) atoms. The summed E-state index contributed by atoms with van der Waals surface area (Å²) in [6.07, 6.45) is -0.842. The number of nitrogens with one attached hydrogen (secondary N) is 1. The number of hydroxylamine groups is 1. The van der Waals surface area contributed by atoms with Crippen molar-refractivity contribution in [1.29, 1.82) is 0 Å². The van der Waals surface area contributed by atoms with Gasteiger partial charge in [0.25, 0.3) is 5.91 Å². The maximum atomic E-state index is 12.3. The summed E-state index contributed by atoms with van der Waals surface area (Å²) in [5.74, 6) is 4.70. The van der Waals surface area contributed by atoms with Gasteiger partial charge in [0, 0.05) is 23.9 Å². The third-order valence-electron chi connectivity index (χ3n) is 4.67. The van der Waals surface area contributed by atoms with Crippen molar-refractivity contribution in [3.8, 4) is 11.8 Å². The number of benzene rings is 1. The predicted molar refractivity (Wildman–Crippen MR) is 99.1 cm³/mol. The lowest BCUT2D eigenvalue weighted by molar-refractivity contribution is -0.132. The van der Waals surface area contributed by atoms with Crippen molar-refractivity contribution in [2.45, 2.75) is 38.0 Å². The highest BCUT2D eigenvalue weighted by molar-refractivity contribution is 7.92. The van der Waals surface area contributed by atoms with Gasteiger partial charge >= 0.3 is 6.09 Å². The van der Waals surface area contributed by atoms with Crippen molar-refractivity contribution in [3.63, 3.8) is 0 Å². The summed E-state index contributed by atoms with van der Waals surface area (Å²) in [6, 6.07) is 5.31. The minimum absolute atomic E-state index is 0.0842. The molecule has 0 unspecified atom stereocenters. The molecule has 0 bridgehead atoms. The molecule has 1 aromatic rings. The molecule has 9 heteroatoms. The van der Waals surface area contributed by atoms with E-state index in [4.69, 9.17) is 9.94 Å². The second-order valence-electron chi connectivity index (χ2n) is 6.64. The molecule has 1 aromatic carbocycles. The lowest BCUT2D eigenvalue weighted by Crippen LogP contribution is -2.51. The van der Waals surface area contributed by atoms with Crippen molar-refractivity contribution in [2.75, 3.05) is 17.7 Å². The van der Waals surface area contributed by atoms with Gasteiger partial charge in [0.05, 0.1) is 6.54 Å². The molecule has 1 fully saturated rings. The lowest BCUT2D eigenvalue weighted by atomic mass is 10.0. The fourth-order valence-corrected chi connectivity index (χ4v) is 3.77. The Kier molecular flexibility index (Phi) is 5.82. The van der Waals surface area contributed by atoms with Crippen LogP contribution in [0.3, 0.4) is 0 Å². The van der Waals surface area contributed by atoms with Crippen molar-refractivity contribution in [2.24, 2.45) is 0 Å². The molecule has 0 spiro atoms. The van der Waals surface area contributed by atoms with Gasteiger partial charge in [-0.1, -0.05) is 5.92 Å². The van der Waals surface area contributed by atoms with Crippen LogP contribution < -0.4 is 10.4 Å². The van der Waals surface area contributed by atoms with Gasteiger partial charge in [0.2, 0.25) is 0 Å². The average molecular weight is 394 g/mol. The van der Waals surface area contributed by atoms with Gasteiger partial charge in [-0.25, -0.2) is 18.7 Å². The summed E-state index contributed by atoms with van der Waals surface area (Å²) in [4.78, 5) is 25.6. The molecule has 2 amide bonds. The van der Waals surface area contributed by atoms with Crippen LogP contribution in [-0.4, -0.2) is 49.3 Å². The van der Waals surface area contributed by atoms with E-state index in [-0.39, 0.29) is 13.0 Å². The smallest absolute Gasteiger partial charge is 0.414 e. The number of hydrogen-bond acceptors (Lipinski definition) is 6. The first-order valence-electron chi connectivity index (χ1n) is 8.19. The topological polar surface area (TPSA) is 113 Å². The summed E-state index contributed by atoms with van der Waals surface area (Å²) in [6.45, 7) is 4.87. The van der Waals surface area contributed by atoms with E-state index in [1.165, 1.54) is 17.3 Å². The Morgan fingerprint density at radius 1 is 1.48 bits per heavy atom. The van der Waals surface area contributed by atoms with Gasteiger partial charge < -0.3 is 4.74 Å². The van der Waals surface area contributed by atoms with Crippen LogP contribution in [0.4, 0.5) is 10.5 Å². The van der Waals surface area contributed by atoms with E-state index >= 15 is 0 Å². The minimum Gasteiger partial charge on any atom is -0.444 e. The number of rotatable bonds is 5. The van der Waals surface area contributed by atoms with Crippen molar-refractivity contribution < 1.29 is 28.0 Å². The number of anilines is 1. The zero-order valence-corrected chi connectivity index (χ0v) is 16.4. The van der Waals surface area contributed by atoms with E-state index < -0.39 is 32.7 Å². The van der Waals surface area contributed by atoms with E-state index in [2.05, 4.69) is 11.8 Å². The molecule has 1 aliphatic heterocycles. The van der Waals surface area contributed by atoms with Crippen LogP contribution in [0.15, 0.2) is 18.2 Å². The monoisotopic (exact) mass is 394 g/mol. The maximum Gasteiger partial charge on any atom is 0.414 e. The van der Waals surface area contributed by atoms with Crippen LogP contribution in [0, 0.1) is 18.8 Å². The standard InChI is InChI=1S/C18H22N2O6S/c1-5-6-13-7-8-14(9-12(13)2)20-11-15(26-17(20)22)10-18(3,16(21)19-23)27(4,24)25/h7-9,15,23H,10-11H2,1-4H3,(H,19,21)/t15-,18+/m0/s1. The van der Waals surface area contributed by atoms with Crippen LogP contribution >= 0.6 is 0 Å². The van der Waals surface area contributed by atoms with E-state index in [0.717, 1.165) is 17.4 Å². The predicted octanol–water partition coefficient (Wildman–Crippen LogP) is 1.39. The normalized spacial score (nSPS) is 18.9. The third kappa shape index (κ3) is 4.07. The van der Waals surface area contributed by atoms with Crippen molar-refractivity contribution >= 4 is 27.5 Å². The Morgan fingerprint density at radius 3 is 2.67 bits per heavy atom. The average Bonchev–Trinajstić information content (AvgIpc) is 2.95. The SMILES string of the molecule is CC#Cc1ccc(N2C[C@H](C[C@](C)(C(=O)NO)S(C)(=O)=O)OC2=O)cc1C. The molecule has 1 heterocycles. The van der Waals surface area contributed by atoms with E-state index in [0.29, 0.717) is 5.69 Å². The highest BCUT2D eigenvalue weighted by Gasteiger charge is 2.48. The molecule has 2 atom stereocenters. The molecule has 2 N–H and O–H groups in total. The van der Waals surface area contributed by atoms with Crippen LogP contribution in [0.25, 0.3) is 0 Å². The van der Waals surface area contributed by atoms with Crippen LogP contribution in [0.5, 0.6) is 0 Å². The van der Waals surface area contributed by atoms with Crippen LogP contribution in [0.2, 0.25) is 0 Å². The molecule has 146 valence electrons. The fourth-order valence-electron chi connectivity index (χ4n) is 2.89. The molecule has 2 rings (SSSR count). The van der Waals surface area contributed by atoms with E-state index in [1.807, 2.05) is 6.92 Å². The number of aryl methyl sites for hydroxylation is 1. The molecule has 0 aromatic heterocycles. The molecule has 1 saturated heterocycles. The Labute approximate surface area is 158 Å². The summed E-state index contributed by atoms with van der Waals surface area (Å²) >= 11 is 0. The number of carbonyl (C=O) groups excluding carboxylic acids is 2. The molecule has 1 aliphatic rings. The fraction of sp³-hybridized carbons (Fsp3) is 0.444. The van der Waals surface area contributed by atoms with Gasteiger partial charge in [0.1, 0.15) is 6.10 Å². The second-order valence-corrected chi connectivity index (χ2v) is 9.08. The molecular weight excluding hydrogens is 372 g/mol. The number of hydrogen-bond donors (Lipinski definition) is 2. The zero-order chi connectivity index (χ0) is 20.4. The molecular formula is C18H22N2O6S. The summed E-state index contributed by atoms with van der Waals surface area (Å²) in [5, 5.41) is 8.90. The van der Waals surface area contributed by atoms with Gasteiger partial charge in [-0.2, -0.15) is 0 Å². The summed E-state index contributed by atoms with van der Waals surface area (Å²) in [7, 11) is -3.88. The minimum atomic E-state index is -3.88. The number of sulfone groups is 1. The number of amides is 2. The molecule has 0 radical (unpaired) electrons. The quantitative estimate of drug-likeness (QED) is 0.443. The Morgan fingerprint density at radius 2 is 2.15 bits per heavy atom. The Hall–Kier alpha value is -2.57. The van der Waals surface area contributed by atoms with Gasteiger partial charge in [-0.3, -0.25) is 14.9 Å². The lowest BCUT2D eigenvalue weighted by Gasteiger charge is -2.26. The van der Waals surface area contributed by atoms with Crippen LogP contribution in [-0.2, 0) is 19.4 Å². The maximum absolute atomic E-state index is 12.3. The Bertz CT molecular complexity index is 931. The van der Waals surface area contributed by atoms with Gasteiger partial charge in [0.15, 0.2) is 14.6 Å². The number of carbonyl (C=O) groups is 2. The first-order chi connectivity index (χ1) is 12.5. The zero-order valence-electron chi connectivity index (χ0n) is 15.6. The summed E-state index contributed by atoms with van der Waals surface area (Å²) < 4.78 is 27.5. The summed E-state index contributed by atoms with van der Waals surface area (Å²) in [5.41, 5.74) is 3.70. The number of cyclic esters (lactones) is 1. The Balaban J connectivity index is 2.25. The highest BCUT2D eigenvalue weighted by Crippen LogP contribution is 2.30. The first-order valence-corrected chi connectivity index (χ1v) is 10.1. The third-order valence-corrected chi connectivity index (χ3v) is 6.66. The largest absolute Gasteiger partial charge is 0.444 e. The van der Waals surface area contributed by atoms with Crippen molar-refractivity contribution in [3.05, 3.63) is 29.3 Å². The highest BCUT2D eigenvalue weighted by atomic mass is 32.2. The second kappa shape index (κ2) is 7.58. The number of ether oxygens (including phenoxy) is 1. The van der Waals surface area contributed by atoms with Gasteiger partial charge in [-0.05, 0) is 44.5 Å². The first kappa shape index (κ1) is 20.7. The van der Waals surface area contributed by atoms with E-state index in [9.17, 15) is 18.0 Å². The molecule has 0 aliphatic carbocycles.